The van der Waals surface area contributed by atoms with Crippen molar-refractivity contribution in [3.63, 3.8) is 0 Å². The molecule has 1 unspecified atom stereocenters. The van der Waals surface area contributed by atoms with E-state index >= 15 is 0 Å². The van der Waals surface area contributed by atoms with E-state index in [4.69, 9.17) is 10.00 Å². The van der Waals surface area contributed by atoms with Crippen molar-refractivity contribution in [3.05, 3.63) is 28.2 Å². The number of nitriles is 1. The Hall–Kier alpha value is -1.58. The van der Waals surface area contributed by atoms with Crippen molar-refractivity contribution < 1.29 is 14.6 Å². The van der Waals surface area contributed by atoms with Crippen LogP contribution in [-0.4, -0.2) is 29.8 Å². The van der Waals surface area contributed by atoms with Gasteiger partial charge in [-0.25, -0.2) is 4.79 Å². The number of anilines is 1. The number of nitrogens with zero attached hydrogens (tertiary/aromatic N) is 1. The van der Waals surface area contributed by atoms with Gasteiger partial charge >= 0.3 is 5.97 Å². The highest BCUT2D eigenvalue weighted by Crippen LogP contribution is 2.28. The maximum atomic E-state index is 11.4. The van der Waals surface area contributed by atoms with Crippen LogP contribution >= 0.6 is 15.9 Å². The van der Waals surface area contributed by atoms with Crippen LogP contribution in [0.5, 0.6) is 0 Å². The molecule has 1 atom stereocenters. The number of halogens is 1. The fraction of sp³-hybridized carbons (Fsp3) is 0.333. The third-order valence-electron chi connectivity index (χ3n) is 2.91. The summed E-state index contributed by atoms with van der Waals surface area (Å²) in [6.07, 6.45) is 0.378. The summed E-state index contributed by atoms with van der Waals surface area (Å²) in [4.78, 5) is 11.4. The number of ether oxygens (including phenoxy) is 1. The van der Waals surface area contributed by atoms with Crippen molar-refractivity contribution in [2.45, 2.75) is 12.0 Å². The Bertz CT molecular complexity index is 519. The third-order valence-corrected chi connectivity index (χ3v) is 3.40. The minimum atomic E-state index is -1.14. The fourth-order valence-electron chi connectivity index (χ4n) is 1.86. The van der Waals surface area contributed by atoms with Crippen molar-refractivity contribution in [3.8, 4) is 6.07 Å². The van der Waals surface area contributed by atoms with Gasteiger partial charge in [-0.05, 0) is 18.2 Å². The molecular formula is C12H11BrN2O3. The standard InChI is InChI=1S/C12H11BrN2O3/c13-9-1-2-10(8(5-9)6-14)15-12(11(16)17)3-4-18-7-12/h1-2,5,15H,3-4,7H2,(H,16,17). The molecule has 1 heterocycles. The number of rotatable bonds is 3. The van der Waals surface area contributed by atoms with Gasteiger partial charge in [-0.15, -0.1) is 0 Å². The maximum absolute atomic E-state index is 11.4. The van der Waals surface area contributed by atoms with Gasteiger partial charge in [0.25, 0.3) is 0 Å². The van der Waals surface area contributed by atoms with E-state index in [0.717, 1.165) is 4.47 Å². The summed E-state index contributed by atoms with van der Waals surface area (Å²) in [6.45, 7) is 0.501. The SMILES string of the molecule is N#Cc1cc(Br)ccc1NC1(C(=O)O)CCOC1. The Labute approximate surface area is 112 Å². The highest BCUT2D eigenvalue weighted by Gasteiger charge is 2.42. The van der Waals surface area contributed by atoms with Crippen molar-refractivity contribution >= 4 is 27.6 Å². The molecule has 0 radical (unpaired) electrons. The Morgan fingerprint density at radius 2 is 2.39 bits per heavy atom. The van der Waals surface area contributed by atoms with E-state index in [9.17, 15) is 9.90 Å². The van der Waals surface area contributed by atoms with Gasteiger partial charge in [0, 0.05) is 17.5 Å². The zero-order valence-electron chi connectivity index (χ0n) is 9.44. The Balaban J connectivity index is 2.33. The molecule has 0 aliphatic carbocycles. The number of carboxylic acids is 1. The molecule has 1 aliphatic rings. The third kappa shape index (κ3) is 2.33. The lowest BCUT2D eigenvalue weighted by Crippen LogP contribution is -2.47. The molecule has 6 heteroatoms. The molecule has 0 amide bonds. The summed E-state index contributed by atoms with van der Waals surface area (Å²) in [5.41, 5.74) is -0.232. The number of aliphatic carboxylic acids is 1. The van der Waals surface area contributed by atoms with E-state index in [0.29, 0.717) is 24.3 Å². The van der Waals surface area contributed by atoms with Crippen LogP contribution in [0.2, 0.25) is 0 Å². The molecule has 1 aromatic rings. The fourth-order valence-corrected chi connectivity index (χ4v) is 2.22. The molecule has 2 rings (SSSR count). The van der Waals surface area contributed by atoms with Crippen LogP contribution in [0, 0.1) is 11.3 Å². The van der Waals surface area contributed by atoms with Crippen LogP contribution in [0.3, 0.4) is 0 Å². The second-order valence-corrected chi connectivity index (χ2v) is 5.03. The summed E-state index contributed by atoms with van der Waals surface area (Å²) in [5.74, 6) is -0.966. The number of benzene rings is 1. The zero-order valence-corrected chi connectivity index (χ0v) is 11.0. The molecule has 1 saturated heterocycles. The average molecular weight is 311 g/mol. The predicted octanol–water partition coefficient (Wildman–Crippen LogP) is 1.98. The molecule has 1 aromatic carbocycles. The van der Waals surface area contributed by atoms with Crippen molar-refractivity contribution in [2.75, 3.05) is 18.5 Å². The number of hydrogen-bond acceptors (Lipinski definition) is 4. The molecule has 0 aromatic heterocycles. The van der Waals surface area contributed by atoms with Crippen molar-refractivity contribution in [2.24, 2.45) is 0 Å². The molecule has 2 N–H and O–H groups in total. The lowest BCUT2D eigenvalue weighted by Gasteiger charge is -2.25. The van der Waals surface area contributed by atoms with E-state index in [1.165, 1.54) is 0 Å². The molecule has 0 spiro atoms. The van der Waals surface area contributed by atoms with E-state index in [1.54, 1.807) is 18.2 Å². The normalized spacial score (nSPS) is 22.4. The monoisotopic (exact) mass is 310 g/mol. The lowest BCUT2D eigenvalue weighted by molar-refractivity contribution is -0.142. The van der Waals surface area contributed by atoms with Gasteiger partial charge in [-0.1, -0.05) is 15.9 Å². The molecule has 18 heavy (non-hydrogen) atoms. The number of carboxylic acid groups (broad SMARTS) is 1. The molecular weight excluding hydrogens is 300 g/mol. The first-order valence-electron chi connectivity index (χ1n) is 5.36. The number of nitrogens with one attached hydrogen (secondary N) is 1. The van der Waals surface area contributed by atoms with Crippen molar-refractivity contribution in [1.29, 1.82) is 5.26 Å². The molecule has 94 valence electrons. The van der Waals surface area contributed by atoms with Gasteiger partial charge in [-0.2, -0.15) is 5.26 Å². The Morgan fingerprint density at radius 1 is 1.61 bits per heavy atom. The van der Waals surface area contributed by atoms with Crippen LogP contribution in [0.25, 0.3) is 0 Å². The van der Waals surface area contributed by atoms with E-state index in [1.807, 2.05) is 6.07 Å². The summed E-state index contributed by atoms with van der Waals surface area (Å²) < 4.78 is 5.93. The van der Waals surface area contributed by atoms with E-state index < -0.39 is 11.5 Å². The largest absolute Gasteiger partial charge is 0.479 e. The first-order chi connectivity index (χ1) is 8.57. The average Bonchev–Trinajstić information content (AvgIpc) is 2.81. The second-order valence-electron chi connectivity index (χ2n) is 4.12. The minimum absolute atomic E-state index is 0.100. The van der Waals surface area contributed by atoms with Crippen LogP contribution in [0.4, 0.5) is 5.69 Å². The van der Waals surface area contributed by atoms with Gasteiger partial charge < -0.3 is 15.2 Å². The highest BCUT2D eigenvalue weighted by atomic mass is 79.9. The van der Waals surface area contributed by atoms with Crippen LogP contribution in [0.1, 0.15) is 12.0 Å². The Morgan fingerprint density at radius 3 is 2.94 bits per heavy atom. The van der Waals surface area contributed by atoms with E-state index in [2.05, 4.69) is 21.2 Å². The zero-order chi connectivity index (χ0) is 13.2. The molecule has 1 aliphatic heterocycles. The summed E-state index contributed by atoms with van der Waals surface area (Å²) >= 11 is 3.27. The minimum Gasteiger partial charge on any atom is -0.479 e. The van der Waals surface area contributed by atoms with E-state index in [-0.39, 0.29) is 6.61 Å². The van der Waals surface area contributed by atoms with Crippen molar-refractivity contribution in [1.82, 2.24) is 0 Å². The lowest BCUT2D eigenvalue weighted by atomic mass is 9.98. The van der Waals surface area contributed by atoms with Gasteiger partial charge in [0.1, 0.15) is 6.07 Å². The van der Waals surface area contributed by atoms with Gasteiger partial charge in [-0.3, -0.25) is 0 Å². The smallest absolute Gasteiger partial charge is 0.331 e. The maximum Gasteiger partial charge on any atom is 0.331 e. The van der Waals surface area contributed by atoms with Gasteiger partial charge in [0.15, 0.2) is 5.54 Å². The second kappa shape index (κ2) is 4.96. The van der Waals surface area contributed by atoms with Gasteiger partial charge in [0.2, 0.25) is 0 Å². The first kappa shape index (κ1) is 12.9. The molecule has 5 nitrogen and oxygen atoms in total. The Kier molecular flexibility index (Phi) is 3.55. The van der Waals surface area contributed by atoms with Gasteiger partial charge in [0.05, 0.1) is 17.9 Å². The van der Waals surface area contributed by atoms with Crippen LogP contribution in [-0.2, 0) is 9.53 Å². The highest BCUT2D eigenvalue weighted by molar-refractivity contribution is 9.10. The molecule has 0 bridgehead atoms. The van der Waals surface area contributed by atoms with Crippen LogP contribution in [0.15, 0.2) is 22.7 Å². The number of carbonyl (C=O) groups is 1. The quantitative estimate of drug-likeness (QED) is 0.892. The summed E-state index contributed by atoms with van der Waals surface area (Å²) in [6, 6.07) is 7.13. The van der Waals surface area contributed by atoms with Crippen LogP contribution < -0.4 is 5.32 Å². The topological polar surface area (TPSA) is 82.4 Å². The summed E-state index contributed by atoms with van der Waals surface area (Å²) in [5, 5.41) is 21.3. The number of hydrogen-bond donors (Lipinski definition) is 2. The molecule has 0 saturated carbocycles. The summed E-state index contributed by atoms with van der Waals surface area (Å²) in [7, 11) is 0. The predicted molar refractivity (Wildman–Crippen MR) is 68.3 cm³/mol. The first-order valence-corrected chi connectivity index (χ1v) is 6.16. The molecule has 1 fully saturated rings.